The highest BCUT2D eigenvalue weighted by molar-refractivity contribution is 6.02. The first-order valence-corrected chi connectivity index (χ1v) is 9.18. The van der Waals surface area contributed by atoms with E-state index >= 15 is 0 Å². The van der Waals surface area contributed by atoms with Gasteiger partial charge in [-0.2, -0.15) is 5.10 Å². The standard InChI is InChI=1S/C18H19FN8O3/c1-10-22-16-13(19)5-11(8-27(16)24-10)23-17(28)14-6-21-15(7-20-14)26-4-3-12(9-26)25(2)18(29)30/h5-8,12H,3-4,9H2,1-2H3,(H,23,28)(H,29,30)/t12-/m1/s1. The second-order valence-electron chi connectivity index (χ2n) is 7.00. The Morgan fingerprint density at radius 1 is 1.33 bits per heavy atom. The van der Waals surface area contributed by atoms with E-state index in [-0.39, 0.29) is 23.1 Å². The van der Waals surface area contributed by atoms with Crippen LogP contribution in [0.2, 0.25) is 0 Å². The second kappa shape index (κ2) is 7.54. The molecule has 11 nitrogen and oxygen atoms in total. The second-order valence-corrected chi connectivity index (χ2v) is 7.00. The van der Waals surface area contributed by atoms with Crippen molar-refractivity contribution in [1.82, 2.24) is 29.5 Å². The van der Waals surface area contributed by atoms with Crippen LogP contribution in [0.25, 0.3) is 5.65 Å². The molecule has 0 spiro atoms. The van der Waals surface area contributed by atoms with Crippen LogP contribution in [0.1, 0.15) is 22.7 Å². The maximum atomic E-state index is 14.1. The number of carboxylic acid groups (broad SMARTS) is 1. The number of nitrogens with one attached hydrogen (secondary N) is 1. The molecule has 0 bridgehead atoms. The fourth-order valence-corrected chi connectivity index (χ4v) is 3.34. The highest BCUT2D eigenvalue weighted by atomic mass is 19.1. The minimum Gasteiger partial charge on any atom is -0.465 e. The van der Waals surface area contributed by atoms with Crippen LogP contribution < -0.4 is 10.2 Å². The molecule has 0 aromatic carbocycles. The quantitative estimate of drug-likeness (QED) is 0.656. The smallest absolute Gasteiger partial charge is 0.407 e. The summed E-state index contributed by atoms with van der Waals surface area (Å²) in [5, 5.41) is 15.7. The predicted molar refractivity (Wildman–Crippen MR) is 104 cm³/mol. The lowest BCUT2D eigenvalue weighted by atomic mass is 10.2. The fourth-order valence-electron chi connectivity index (χ4n) is 3.34. The number of hydrogen-bond acceptors (Lipinski definition) is 7. The molecule has 0 unspecified atom stereocenters. The molecule has 3 aromatic rings. The molecule has 156 valence electrons. The number of halogens is 1. The summed E-state index contributed by atoms with van der Waals surface area (Å²) in [5.41, 5.74) is 0.347. The van der Waals surface area contributed by atoms with Crippen LogP contribution in [0.5, 0.6) is 0 Å². The number of carbonyl (C=O) groups excluding carboxylic acids is 1. The van der Waals surface area contributed by atoms with Gasteiger partial charge >= 0.3 is 6.09 Å². The summed E-state index contributed by atoms with van der Waals surface area (Å²) in [6.07, 6.45) is 3.95. The van der Waals surface area contributed by atoms with Crippen molar-refractivity contribution in [2.45, 2.75) is 19.4 Å². The molecule has 1 aliphatic rings. The molecule has 1 aliphatic heterocycles. The minimum atomic E-state index is -0.976. The molecule has 1 saturated heterocycles. The van der Waals surface area contributed by atoms with Crippen molar-refractivity contribution >= 4 is 29.2 Å². The topological polar surface area (TPSA) is 129 Å². The number of carbonyl (C=O) groups is 2. The third-order valence-electron chi connectivity index (χ3n) is 4.96. The van der Waals surface area contributed by atoms with Gasteiger partial charge in [0.15, 0.2) is 11.5 Å². The SMILES string of the molecule is Cc1nc2c(F)cc(NC(=O)c3cnc(N4CC[C@@H](N(C)C(=O)O)C4)cn3)cn2n1. The third-order valence-corrected chi connectivity index (χ3v) is 4.96. The summed E-state index contributed by atoms with van der Waals surface area (Å²) in [7, 11) is 1.54. The van der Waals surface area contributed by atoms with E-state index in [0.29, 0.717) is 31.2 Å². The van der Waals surface area contributed by atoms with Crippen molar-refractivity contribution in [2.75, 3.05) is 30.4 Å². The number of aryl methyl sites for hydroxylation is 1. The number of likely N-dealkylation sites (N-methyl/N-ethyl adjacent to an activating group) is 1. The van der Waals surface area contributed by atoms with Crippen LogP contribution in [0, 0.1) is 12.7 Å². The van der Waals surface area contributed by atoms with Crippen LogP contribution in [-0.2, 0) is 0 Å². The molecular weight excluding hydrogens is 395 g/mol. The van der Waals surface area contributed by atoms with Crippen molar-refractivity contribution < 1.29 is 19.1 Å². The number of hydrogen-bond donors (Lipinski definition) is 2. The fraction of sp³-hybridized carbons (Fsp3) is 0.333. The Balaban J connectivity index is 1.44. The largest absolute Gasteiger partial charge is 0.465 e. The molecule has 1 atom stereocenters. The zero-order valence-electron chi connectivity index (χ0n) is 16.3. The van der Waals surface area contributed by atoms with E-state index in [2.05, 4.69) is 25.4 Å². The first-order valence-electron chi connectivity index (χ1n) is 9.18. The summed E-state index contributed by atoms with van der Waals surface area (Å²) in [6.45, 7) is 2.78. The number of pyridine rings is 1. The average molecular weight is 414 g/mol. The van der Waals surface area contributed by atoms with E-state index in [9.17, 15) is 14.0 Å². The number of rotatable bonds is 4. The summed E-state index contributed by atoms with van der Waals surface area (Å²) in [5.74, 6) is -0.185. The van der Waals surface area contributed by atoms with Gasteiger partial charge in [0, 0.05) is 26.2 Å². The molecule has 4 heterocycles. The van der Waals surface area contributed by atoms with E-state index in [0.717, 1.165) is 6.07 Å². The van der Waals surface area contributed by atoms with Crippen LogP contribution in [0.4, 0.5) is 20.7 Å². The summed E-state index contributed by atoms with van der Waals surface area (Å²) in [4.78, 5) is 39.1. The Labute approximate surface area is 170 Å². The van der Waals surface area contributed by atoms with Gasteiger partial charge in [-0.25, -0.2) is 28.7 Å². The van der Waals surface area contributed by atoms with Crippen molar-refractivity contribution in [3.63, 3.8) is 0 Å². The normalized spacial score (nSPS) is 16.1. The molecule has 2 N–H and O–H groups in total. The van der Waals surface area contributed by atoms with Crippen LogP contribution >= 0.6 is 0 Å². The Hall–Kier alpha value is -3.83. The van der Waals surface area contributed by atoms with Gasteiger partial charge < -0.3 is 20.2 Å². The molecular formula is C18H19FN8O3. The first-order chi connectivity index (χ1) is 14.3. The van der Waals surface area contributed by atoms with Crippen LogP contribution in [0.3, 0.4) is 0 Å². The number of fused-ring (bicyclic) bond motifs is 1. The maximum Gasteiger partial charge on any atom is 0.407 e. The Morgan fingerprint density at radius 3 is 2.83 bits per heavy atom. The Morgan fingerprint density at radius 2 is 2.13 bits per heavy atom. The molecule has 3 aromatic heterocycles. The van der Waals surface area contributed by atoms with Crippen molar-refractivity contribution in [2.24, 2.45) is 0 Å². The van der Waals surface area contributed by atoms with Crippen molar-refractivity contribution in [3.8, 4) is 0 Å². The third kappa shape index (κ3) is 3.71. The molecule has 2 amide bonds. The van der Waals surface area contributed by atoms with Gasteiger partial charge in [-0.1, -0.05) is 0 Å². The van der Waals surface area contributed by atoms with E-state index in [4.69, 9.17) is 5.11 Å². The summed E-state index contributed by atoms with van der Waals surface area (Å²) < 4.78 is 15.4. The number of amides is 2. The Bertz CT molecular complexity index is 1120. The summed E-state index contributed by atoms with van der Waals surface area (Å²) in [6, 6.07) is 1.03. The molecule has 12 heteroatoms. The lowest BCUT2D eigenvalue weighted by Crippen LogP contribution is -2.38. The monoisotopic (exact) mass is 414 g/mol. The number of aromatic nitrogens is 5. The molecule has 0 aliphatic carbocycles. The lowest BCUT2D eigenvalue weighted by molar-refractivity contribution is 0.102. The first kappa shape index (κ1) is 19.5. The average Bonchev–Trinajstić information content (AvgIpc) is 3.34. The van der Waals surface area contributed by atoms with Crippen LogP contribution in [0.15, 0.2) is 24.7 Å². The van der Waals surface area contributed by atoms with Gasteiger partial charge in [-0.15, -0.1) is 0 Å². The Kier molecular flexibility index (Phi) is 4.90. The molecule has 1 fully saturated rings. The van der Waals surface area contributed by atoms with E-state index in [1.807, 2.05) is 4.90 Å². The van der Waals surface area contributed by atoms with E-state index < -0.39 is 17.8 Å². The van der Waals surface area contributed by atoms with Gasteiger partial charge in [0.2, 0.25) is 0 Å². The highest BCUT2D eigenvalue weighted by Crippen LogP contribution is 2.20. The molecule has 4 rings (SSSR count). The van der Waals surface area contributed by atoms with Gasteiger partial charge in [-0.3, -0.25) is 4.79 Å². The number of anilines is 2. The molecule has 30 heavy (non-hydrogen) atoms. The van der Waals surface area contributed by atoms with Gasteiger partial charge in [0.25, 0.3) is 5.91 Å². The van der Waals surface area contributed by atoms with Crippen molar-refractivity contribution in [1.29, 1.82) is 0 Å². The highest BCUT2D eigenvalue weighted by Gasteiger charge is 2.29. The number of nitrogens with zero attached hydrogens (tertiary/aromatic N) is 7. The van der Waals surface area contributed by atoms with Gasteiger partial charge in [-0.05, 0) is 13.3 Å². The van der Waals surface area contributed by atoms with E-state index in [1.54, 1.807) is 6.92 Å². The molecule has 0 radical (unpaired) electrons. The summed E-state index contributed by atoms with van der Waals surface area (Å²) >= 11 is 0. The van der Waals surface area contributed by atoms with E-state index in [1.165, 1.54) is 35.1 Å². The van der Waals surface area contributed by atoms with Crippen LogP contribution in [-0.4, -0.2) is 72.8 Å². The lowest BCUT2D eigenvalue weighted by Gasteiger charge is -2.22. The maximum absolute atomic E-state index is 14.1. The van der Waals surface area contributed by atoms with Gasteiger partial charge in [0.05, 0.1) is 30.3 Å². The minimum absolute atomic E-state index is 0.0624. The molecule has 0 saturated carbocycles. The zero-order valence-corrected chi connectivity index (χ0v) is 16.3. The van der Waals surface area contributed by atoms with Gasteiger partial charge in [0.1, 0.15) is 17.3 Å². The van der Waals surface area contributed by atoms with Crippen molar-refractivity contribution in [3.05, 3.63) is 42.0 Å². The predicted octanol–water partition coefficient (Wildman–Crippen LogP) is 1.41. The zero-order chi connectivity index (χ0) is 21.4.